The number of hydrogen-bond acceptors (Lipinski definition) is 7. The van der Waals surface area contributed by atoms with Gasteiger partial charge in [0.05, 0.1) is 0 Å². The first-order valence-electron chi connectivity index (χ1n) is 11.4. The summed E-state index contributed by atoms with van der Waals surface area (Å²) in [5.41, 5.74) is 1.62. The second kappa shape index (κ2) is 9.69. The Morgan fingerprint density at radius 3 is 2.34 bits per heavy atom. The number of carbonyl (C=O) groups excluding carboxylic acids is 2. The molecule has 3 aromatic rings. The van der Waals surface area contributed by atoms with Crippen LogP contribution >= 0.6 is 0 Å². The Balaban J connectivity index is 1.45. The van der Waals surface area contributed by atoms with Gasteiger partial charge in [0.25, 0.3) is 0 Å². The van der Waals surface area contributed by atoms with Gasteiger partial charge in [-0.2, -0.15) is 4.98 Å². The zero-order valence-electron chi connectivity index (χ0n) is 20.2. The summed E-state index contributed by atoms with van der Waals surface area (Å²) in [4.78, 5) is 40.5. The SMILES string of the molecule is CC(=O)N1CCN(c2ccc(Nc3ncc4cc(F)c(NC(=O)NC(C)(C)C)nc4n3)cc2)CC1. The maximum Gasteiger partial charge on any atom is 0.320 e. The predicted molar refractivity (Wildman–Crippen MR) is 133 cm³/mol. The summed E-state index contributed by atoms with van der Waals surface area (Å²) in [6, 6.07) is 8.51. The Labute approximate surface area is 202 Å². The first kappa shape index (κ1) is 24.1. The van der Waals surface area contributed by atoms with Crippen molar-refractivity contribution in [3.05, 3.63) is 42.3 Å². The molecule has 2 aromatic heterocycles. The fourth-order valence-corrected chi connectivity index (χ4v) is 3.73. The molecule has 0 saturated carbocycles. The van der Waals surface area contributed by atoms with Crippen LogP contribution in [-0.4, -0.2) is 63.5 Å². The van der Waals surface area contributed by atoms with Gasteiger partial charge in [-0.3, -0.25) is 10.1 Å². The van der Waals surface area contributed by atoms with Gasteiger partial charge in [-0.25, -0.2) is 19.2 Å². The third kappa shape index (κ3) is 6.11. The standard InChI is InChI=1S/C24H29FN8O2/c1-15(34)32-9-11-33(12-10-32)18-7-5-17(6-8-18)27-22-26-14-16-13-19(25)21(28-20(16)29-22)30-23(35)31-24(2,3)4/h5-8,13-14H,9-12H2,1-4H3,(H3,26,27,28,29,30,31,35). The quantitative estimate of drug-likeness (QED) is 0.524. The third-order valence-corrected chi connectivity index (χ3v) is 5.46. The average Bonchev–Trinajstić information content (AvgIpc) is 2.79. The Morgan fingerprint density at radius 1 is 1.03 bits per heavy atom. The number of anilines is 4. The van der Waals surface area contributed by atoms with Crippen LogP contribution in [0, 0.1) is 5.82 Å². The van der Waals surface area contributed by atoms with Gasteiger partial charge < -0.3 is 20.4 Å². The number of urea groups is 1. The summed E-state index contributed by atoms with van der Waals surface area (Å²) in [7, 11) is 0. The van der Waals surface area contributed by atoms with E-state index in [1.165, 1.54) is 12.3 Å². The molecule has 3 N–H and O–H groups in total. The molecule has 4 rings (SSSR count). The van der Waals surface area contributed by atoms with E-state index in [-0.39, 0.29) is 17.4 Å². The first-order chi connectivity index (χ1) is 16.6. The van der Waals surface area contributed by atoms with E-state index in [9.17, 15) is 14.0 Å². The van der Waals surface area contributed by atoms with E-state index in [1.54, 1.807) is 6.92 Å². The molecule has 1 aromatic carbocycles. The molecule has 1 aliphatic rings. The lowest BCUT2D eigenvalue weighted by Crippen LogP contribution is -2.48. The summed E-state index contributed by atoms with van der Waals surface area (Å²) >= 11 is 0. The zero-order chi connectivity index (χ0) is 25.2. The van der Waals surface area contributed by atoms with Gasteiger partial charge >= 0.3 is 6.03 Å². The van der Waals surface area contributed by atoms with E-state index < -0.39 is 17.4 Å². The number of benzene rings is 1. The zero-order valence-corrected chi connectivity index (χ0v) is 20.2. The molecule has 1 fully saturated rings. The van der Waals surface area contributed by atoms with Crippen molar-refractivity contribution in [2.75, 3.05) is 41.7 Å². The molecule has 0 bridgehead atoms. The average molecular weight is 481 g/mol. The minimum atomic E-state index is -0.675. The summed E-state index contributed by atoms with van der Waals surface area (Å²) in [6.45, 7) is 10.1. The number of piperazine rings is 1. The molecule has 3 heterocycles. The molecular formula is C24H29FN8O2. The number of pyridine rings is 1. The van der Waals surface area contributed by atoms with Gasteiger partial charge in [-0.15, -0.1) is 0 Å². The molecule has 1 aliphatic heterocycles. The van der Waals surface area contributed by atoms with Crippen LogP contribution in [0.3, 0.4) is 0 Å². The van der Waals surface area contributed by atoms with Crippen molar-refractivity contribution in [2.24, 2.45) is 0 Å². The van der Waals surface area contributed by atoms with E-state index in [1.807, 2.05) is 49.9 Å². The van der Waals surface area contributed by atoms with Gasteiger partial charge in [-0.05, 0) is 51.1 Å². The maximum absolute atomic E-state index is 14.4. The summed E-state index contributed by atoms with van der Waals surface area (Å²) in [5.74, 6) is -0.485. The van der Waals surface area contributed by atoms with Crippen molar-refractivity contribution < 1.29 is 14.0 Å². The number of halogens is 1. The number of hydrogen-bond donors (Lipinski definition) is 3. The molecule has 1 saturated heterocycles. The Morgan fingerprint density at radius 2 is 1.71 bits per heavy atom. The van der Waals surface area contributed by atoms with Crippen LogP contribution in [0.1, 0.15) is 27.7 Å². The van der Waals surface area contributed by atoms with Crippen molar-refractivity contribution in [1.82, 2.24) is 25.2 Å². The smallest absolute Gasteiger partial charge is 0.320 e. The minimum absolute atomic E-state index is 0.105. The molecule has 0 atom stereocenters. The first-order valence-corrected chi connectivity index (χ1v) is 11.4. The Hall–Kier alpha value is -4.02. The largest absolute Gasteiger partial charge is 0.368 e. The van der Waals surface area contributed by atoms with E-state index >= 15 is 0 Å². The van der Waals surface area contributed by atoms with Crippen LogP contribution < -0.4 is 20.9 Å². The number of aromatic nitrogens is 3. The lowest BCUT2D eigenvalue weighted by atomic mass is 10.1. The summed E-state index contributed by atoms with van der Waals surface area (Å²) in [5, 5.41) is 8.67. The van der Waals surface area contributed by atoms with Crippen LogP contribution in [0.4, 0.5) is 32.3 Å². The number of carbonyl (C=O) groups is 2. The maximum atomic E-state index is 14.4. The molecule has 0 radical (unpaired) electrons. The topological polar surface area (TPSA) is 115 Å². The highest BCUT2D eigenvalue weighted by atomic mass is 19.1. The van der Waals surface area contributed by atoms with Crippen LogP contribution in [0.5, 0.6) is 0 Å². The molecule has 0 unspecified atom stereocenters. The van der Waals surface area contributed by atoms with E-state index in [4.69, 9.17) is 0 Å². The Kier molecular flexibility index (Phi) is 6.68. The lowest BCUT2D eigenvalue weighted by Gasteiger charge is -2.35. The molecule has 10 nitrogen and oxygen atoms in total. The summed E-state index contributed by atoms with van der Waals surface area (Å²) < 4.78 is 14.4. The highest BCUT2D eigenvalue weighted by Gasteiger charge is 2.19. The van der Waals surface area contributed by atoms with Crippen molar-refractivity contribution in [3.63, 3.8) is 0 Å². The molecule has 11 heteroatoms. The van der Waals surface area contributed by atoms with Crippen LogP contribution in [0.2, 0.25) is 0 Å². The summed E-state index contributed by atoms with van der Waals surface area (Å²) in [6.07, 6.45) is 1.47. The molecule has 3 amide bonds. The highest BCUT2D eigenvalue weighted by molar-refractivity contribution is 5.90. The van der Waals surface area contributed by atoms with Gasteiger partial charge in [0.2, 0.25) is 11.9 Å². The minimum Gasteiger partial charge on any atom is -0.368 e. The van der Waals surface area contributed by atoms with Crippen LogP contribution in [-0.2, 0) is 4.79 Å². The van der Waals surface area contributed by atoms with Crippen molar-refractivity contribution in [2.45, 2.75) is 33.2 Å². The predicted octanol–water partition coefficient (Wildman–Crippen LogP) is 3.50. The number of amides is 3. The monoisotopic (exact) mass is 480 g/mol. The fourth-order valence-electron chi connectivity index (χ4n) is 3.73. The fraction of sp³-hybridized carbons (Fsp3) is 0.375. The number of nitrogens with one attached hydrogen (secondary N) is 3. The van der Waals surface area contributed by atoms with Gasteiger partial charge in [-0.1, -0.05) is 0 Å². The van der Waals surface area contributed by atoms with Crippen LogP contribution in [0.25, 0.3) is 11.0 Å². The van der Waals surface area contributed by atoms with Crippen molar-refractivity contribution >= 4 is 46.1 Å². The molecule has 184 valence electrons. The van der Waals surface area contributed by atoms with E-state index in [0.717, 1.165) is 24.5 Å². The molecule has 35 heavy (non-hydrogen) atoms. The second-order valence-corrected chi connectivity index (χ2v) is 9.42. The number of rotatable bonds is 4. The van der Waals surface area contributed by atoms with E-state index in [2.05, 4.69) is 35.8 Å². The lowest BCUT2D eigenvalue weighted by molar-refractivity contribution is -0.129. The molecule has 0 aliphatic carbocycles. The van der Waals surface area contributed by atoms with Crippen molar-refractivity contribution in [1.29, 1.82) is 0 Å². The molecule has 0 spiro atoms. The Bertz CT molecular complexity index is 1230. The van der Waals surface area contributed by atoms with Gasteiger partial charge in [0.1, 0.15) is 0 Å². The normalized spacial score (nSPS) is 14.1. The van der Waals surface area contributed by atoms with Crippen molar-refractivity contribution in [3.8, 4) is 0 Å². The number of fused-ring (bicyclic) bond motifs is 1. The third-order valence-electron chi connectivity index (χ3n) is 5.46. The number of nitrogens with zero attached hydrogens (tertiary/aromatic N) is 5. The highest BCUT2D eigenvalue weighted by Crippen LogP contribution is 2.23. The van der Waals surface area contributed by atoms with Gasteiger partial charge in [0, 0.05) is 61.6 Å². The molecular weight excluding hydrogens is 451 g/mol. The van der Waals surface area contributed by atoms with Crippen LogP contribution in [0.15, 0.2) is 36.5 Å². The van der Waals surface area contributed by atoms with E-state index in [0.29, 0.717) is 24.4 Å². The van der Waals surface area contributed by atoms with Gasteiger partial charge in [0.15, 0.2) is 17.3 Å². The second-order valence-electron chi connectivity index (χ2n) is 9.42.